The first-order valence-electron chi connectivity index (χ1n) is 6.00. The van der Waals surface area contributed by atoms with Crippen LogP contribution in [0.3, 0.4) is 0 Å². The van der Waals surface area contributed by atoms with Gasteiger partial charge in [-0.1, -0.05) is 27.4 Å². The van der Waals surface area contributed by atoms with Gasteiger partial charge in [0.05, 0.1) is 13.2 Å². The number of allylic oxidation sites excluding steroid dienone is 1. The van der Waals surface area contributed by atoms with Crippen molar-refractivity contribution in [2.45, 2.75) is 46.3 Å². The van der Waals surface area contributed by atoms with Gasteiger partial charge in [0.1, 0.15) is 0 Å². The van der Waals surface area contributed by atoms with Crippen LogP contribution in [0, 0.1) is 0 Å². The molecule has 1 heterocycles. The van der Waals surface area contributed by atoms with Gasteiger partial charge in [-0.15, -0.1) is 0 Å². The largest absolute Gasteiger partial charge is 0.398 e. The standard InChI is InChI=1S/C15H21NO/c1-9(2)11-6-10-7-17-8-12(10)13(14(11)16)15(3,4)5/h6H,1,7-8,16H2,2-5H3. The van der Waals surface area contributed by atoms with E-state index in [0.717, 1.165) is 16.8 Å². The molecule has 0 saturated carbocycles. The lowest BCUT2D eigenvalue weighted by Gasteiger charge is -2.26. The van der Waals surface area contributed by atoms with E-state index in [-0.39, 0.29) is 5.41 Å². The quantitative estimate of drug-likeness (QED) is 0.749. The number of benzene rings is 1. The van der Waals surface area contributed by atoms with Gasteiger partial charge in [0.2, 0.25) is 0 Å². The Labute approximate surface area is 103 Å². The highest BCUT2D eigenvalue weighted by molar-refractivity contribution is 5.77. The third-order valence-electron chi connectivity index (χ3n) is 3.28. The fourth-order valence-corrected chi connectivity index (χ4v) is 2.56. The summed E-state index contributed by atoms with van der Waals surface area (Å²) in [5.41, 5.74) is 13.1. The van der Waals surface area contributed by atoms with Crippen molar-refractivity contribution in [2.75, 3.05) is 5.73 Å². The summed E-state index contributed by atoms with van der Waals surface area (Å²) >= 11 is 0. The normalized spacial score (nSPS) is 14.8. The summed E-state index contributed by atoms with van der Waals surface area (Å²) in [5.74, 6) is 0. The molecule has 92 valence electrons. The Morgan fingerprint density at radius 2 is 2.00 bits per heavy atom. The fraction of sp³-hybridized carbons (Fsp3) is 0.467. The van der Waals surface area contributed by atoms with Crippen LogP contribution in [-0.4, -0.2) is 0 Å². The molecule has 0 aromatic heterocycles. The maximum Gasteiger partial charge on any atom is 0.0728 e. The molecule has 2 heteroatoms. The van der Waals surface area contributed by atoms with E-state index in [2.05, 4.69) is 33.4 Å². The van der Waals surface area contributed by atoms with E-state index in [0.29, 0.717) is 13.2 Å². The number of hydrogen-bond donors (Lipinski definition) is 1. The molecular weight excluding hydrogens is 210 g/mol. The fourth-order valence-electron chi connectivity index (χ4n) is 2.56. The van der Waals surface area contributed by atoms with Crippen LogP contribution in [0.2, 0.25) is 0 Å². The molecule has 1 aliphatic heterocycles. The molecule has 0 radical (unpaired) electrons. The van der Waals surface area contributed by atoms with Crippen LogP contribution in [0.1, 0.15) is 49.9 Å². The molecule has 2 nitrogen and oxygen atoms in total. The van der Waals surface area contributed by atoms with Gasteiger partial charge in [-0.05, 0) is 40.7 Å². The second kappa shape index (κ2) is 3.88. The Kier molecular flexibility index (Phi) is 2.78. The molecule has 2 rings (SSSR count). The van der Waals surface area contributed by atoms with Crippen molar-refractivity contribution in [3.05, 3.63) is 34.9 Å². The molecule has 0 atom stereocenters. The van der Waals surface area contributed by atoms with Gasteiger partial charge in [0.15, 0.2) is 0 Å². The highest BCUT2D eigenvalue weighted by atomic mass is 16.5. The molecule has 0 bridgehead atoms. The number of nitrogen functional groups attached to an aromatic ring is 1. The van der Waals surface area contributed by atoms with Crippen LogP contribution in [0.25, 0.3) is 5.57 Å². The second-order valence-electron chi connectivity index (χ2n) is 5.87. The number of nitrogens with two attached hydrogens (primary N) is 1. The molecule has 0 spiro atoms. The van der Waals surface area contributed by atoms with Crippen molar-refractivity contribution in [1.29, 1.82) is 0 Å². The molecule has 0 saturated heterocycles. The number of hydrogen-bond acceptors (Lipinski definition) is 2. The van der Waals surface area contributed by atoms with Gasteiger partial charge < -0.3 is 10.5 Å². The zero-order chi connectivity index (χ0) is 12.8. The summed E-state index contributed by atoms with van der Waals surface area (Å²) < 4.78 is 5.56. The highest BCUT2D eigenvalue weighted by Crippen LogP contribution is 2.40. The van der Waals surface area contributed by atoms with Gasteiger partial charge in [-0.3, -0.25) is 0 Å². The highest BCUT2D eigenvalue weighted by Gasteiger charge is 2.27. The first-order chi connectivity index (χ1) is 7.82. The lowest BCUT2D eigenvalue weighted by atomic mass is 9.79. The number of fused-ring (bicyclic) bond motifs is 1. The maximum absolute atomic E-state index is 6.33. The zero-order valence-corrected chi connectivity index (χ0v) is 11.2. The van der Waals surface area contributed by atoms with Gasteiger partial charge in [0, 0.05) is 11.3 Å². The van der Waals surface area contributed by atoms with Gasteiger partial charge in [0.25, 0.3) is 0 Å². The maximum atomic E-state index is 6.33. The predicted octanol–water partition coefficient (Wildman–Crippen LogP) is 3.63. The Morgan fingerprint density at radius 1 is 1.35 bits per heavy atom. The molecule has 1 aliphatic rings. The summed E-state index contributed by atoms with van der Waals surface area (Å²) in [5, 5.41) is 0. The van der Waals surface area contributed by atoms with E-state index in [1.54, 1.807) is 0 Å². The molecule has 0 unspecified atom stereocenters. The summed E-state index contributed by atoms with van der Waals surface area (Å²) in [7, 11) is 0. The molecule has 17 heavy (non-hydrogen) atoms. The minimum absolute atomic E-state index is 0.0350. The van der Waals surface area contributed by atoms with Gasteiger partial charge in [-0.25, -0.2) is 0 Å². The second-order valence-corrected chi connectivity index (χ2v) is 5.87. The van der Waals surface area contributed by atoms with Crippen molar-refractivity contribution in [3.63, 3.8) is 0 Å². The monoisotopic (exact) mass is 231 g/mol. The summed E-state index contributed by atoms with van der Waals surface area (Å²) in [6.45, 7) is 14.0. The van der Waals surface area contributed by atoms with E-state index < -0.39 is 0 Å². The molecular formula is C15H21NO. The van der Waals surface area contributed by atoms with Gasteiger partial charge >= 0.3 is 0 Å². The minimum Gasteiger partial charge on any atom is -0.398 e. The summed E-state index contributed by atoms with van der Waals surface area (Å²) in [4.78, 5) is 0. The van der Waals surface area contributed by atoms with Crippen LogP contribution in [0.15, 0.2) is 12.6 Å². The number of anilines is 1. The Morgan fingerprint density at radius 3 is 2.53 bits per heavy atom. The summed E-state index contributed by atoms with van der Waals surface area (Å²) in [6.07, 6.45) is 0. The lowest BCUT2D eigenvalue weighted by Crippen LogP contribution is -2.18. The first kappa shape index (κ1) is 12.2. The third-order valence-corrected chi connectivity index (χ3v) is 3.28. The van der Waals surface area contributed by atoms with E-state index >= 15 is 0 Å². The van der Waals surface area contributed by atoms with Crippen molar-refractivity contribution in [2.24, 2.45) is 0 Å². The third kappa shape index (κ3) is 1.98. The predicted molar refractivity (Wildman–Crippen MR) is 72.8 cm³/mol. The molecule has 1 aromatic rings. The minimum atomic E-state index is 0.0350. The van der Waals surface area contributed by atoms with E-state index in [1.807, 2.05) is 6.92 Å². The molecule has 0 amide bonds. The number of ether oxygens (including phenoxy) is 1. The summed E-state index contributed by atoms with van der Waals surface area (Å²) in [6, 6.07) is 2.13. The lowest BCUT2D eigenvalue weighted by molar-refractivity contribution is 0.134. The average molecular weight is 231 g/mol. The Hall–Kier alpha value is -1.28. The van der Waals surface area contributed by atoms with Crippen LogP contribution < -0.4 is 5.73 Å². The van der Waals surface area contributed by atoms with E-state index in [4.69, 9.17) is 10.5 Å². The van der Waals surface area contributed by atoms with Crippen molar-refractivity contribution in [1.82, 2.24) is 0 Å². The van der Waals surface area contributed by atoms with Crippen molar-refractivity contribution >= 4 is 11.3 Å². The smallest absolute Gasteiger partial charge is 0.0728 e. The van der Waals surface area contributed by atoms with Crippen LogP contribution in [0.4, 0.5) is 5.69 Å². The first-order valence-corrected chi connectivity index (χ1v) is 6.00. The molecule has 1 aromatic carbocycles. The Bertz CT molecular complexity index is 481. The van der Waals surface area contributed by atoms with Gasteiger partial charge in [-0.2, -0.15) is 0 Å². The van der Waals surface area contributed by atoms with Crippen molar-refractivity contribution in [3.8, 4) is 0 Å². The SMILES string of the molecule is C=C(C)c1cc2c(c(C(C)(C)C)c1N)COC2. The van der Waals surface area contributed by atoms with Crippen molar-refractivity contribution < 1.29 is 4.74 Å². The van der Waals surface area contributed by atoms with Crippen LogP contribution >= 0.6 is 0 Å². The van der Waals surface area contributed by atoms with E-state index in [9.17, 15) is 0 Å². The Balaban J connectivity index is 2.76. The molecule has 2 N–H and O–H groups in total. The van der Waals surface area contributed by atoms with Crippen LogP contribution in [0.5, 0.6) is 0 Å². The van der Waals surface area contributed by atoms with E-state index in [1.165, 1.54) is 16.7 Å². The van der Waals surface area contributed by atoms with Crippen LogP contribution in [-0.2, 0) is 23.4 Å². The molecule has 0 fully saturated rings. The molecule has 0 aliphatic carbocycles. The topological polar surface area (TPSA) is 35.2 Å². The number of rotatable bonds is 1. The average Bonchev–Trinajstić information content (AvgIpc) is 2.60. The zero-order valence-electron chi connectivity index (χ0n) is 11.2.